The maximum absolute atomic E-state index is 15.1. The number of halogens is 1. The molecule has 2 unspecified atom stereocenters. The number of nitrogens with one attached hydrogen (secondary N) is 4. The minimum Gasteiger partial charge on any atom is -0.758 e. The Kier molecular flexibility index (Phi) is 14.9. The van der Waals surface area contributed by atoms with Gasteiger partial charge >= 0.3 is 0 Å². The molecule has 18 nitrogen and oxygen atoms in total. The van der Waals surface area contributed by atoms with Gasteiger partial charge in [-0.3, -0.25) is 14.6 Å². The quantitative estimate of drug-likeness (QED) is 0.0505. The van der Waals surface area contributed by atoms with E-state index in [1.54, 1.807) is 26.2 Å². The molecule has 6 fully saturated rings. The summed E-state index contributed by atoms with van der Waals surface area (Å²) in [7, 11) is -1.75. The molecule has 0 radical (unpaired) electrons. The normalized spacial score (nSPS) is 23.0. The number of hydrogen-bond donors (Lipinski definition) is 5. The van der Waals surface area contributed by atoms with Crippen LogP contribution in [-0.2, 0) is 16.6 Å². The number of piperidine rings is 2. The van der Waals surface area contributed by atoms with Crippen molar-refractivity contribution in [2.75, 3.05) is 62.2 Å². The number of carbonyl (C=O) groups is 1. The lowest BCUT2D eigenvalue weighted by Crippen LogP contribution is -2.72. The van der Waals surface area contributed by atoms with E-state index >= 15 is 4.39 Å². The number of aromatic amines is 2. The van der Waals surface area contributed by atoms with Crippen LogP contribution in [0.4, 0.5) is 21.5 Å². The van der Waals surface area contributed by atoms with Crippen LogP contribution in [0.15, 0.2) is 96.3 Å². The van der Waals surface area contributed by atoms with Gasteiger partial charge in [0.2, 0.25) is 0 Å². The van der Waals surface area contributed by atoms with E-state index in [0.717, 1.165) is 76.1 Å². The van der Waals surface area contributed by atoms with E-state index < -0.39 is 27.3 Å². The van der Waals surface area contributed by atoms with Gasteiger partial charge in [0.1, 0.15) is 33.4 Å². The molecule has 13 rings (SSSR count). The second kappa shape index (κ2) is 22.0. The summed E-state index contributed by atoms with van der Waals surface area (Å²) in [5.41, 5.74) is 5.22. The number of anilines is 3. The van der Waals surface area contributed by atoms with Crippen molar-refractivity contribution in [1.29, 1.82) is 0 Å². The third-order valence-electron chi connectivity index (χ3n) is 18.5. The molecule has 5 N–H and O–H groups in total. The molecular weight excluding hydrogens is 1060 g/mol. The molecule has 2 aliphatic carbocycles. The monoisotopic (exact) mass is 1140 g/mol. The van der Waals surface area contributed by atoms with Crippen LogP contribution in [0.2, 0.25) is 0 Å². The van der Waals surface area contributed by atoms with Gasteiger partial charge < -0.3 is 49.8 Å². The fourth-order valence-corrected chi connectivity index (χ4v) is 15.0. The molecule has 1 spiro atoms. The van der Waals surface area contributed by atoms with Gasteiger partial charge in [-0.25, -0.2) is 22.5 Å². The van der Waals surface area contributed by atoms with Crippen molar-refractivity contribution < 1.29 is 36.9 Å². The summed E-state index contributed by atoms with van der Waals surface area (Å²) in [5.74, 6) is -0.0189. The highest BCUT2D eigenvalue weighted by molar-refractivity contribution is 7.90. The number of rotatable bonds is 18. The zero-order valence-corrected chi connectivity index (χ0v) is 48.3. The summed E-state index contributed by atoms with van der Waals surface area (Å²) < 4.78 is 64.4. The molecular formula is C62H74FN10O8S-. The number of piperazine rings is 1. The first-order valence-corrected chi connectivity index (χ1v) is 30.4. The fraction of sp³-hybridized carbons (Fsp3) is 0.468. The number of H-pyrrole nitrogens is 2. The first kappa shape index (κ1) is 55.6. The van der Waals surface area contributed by atoms with Gasteiger partial charge in [0, 0.05) is 74.9 Å². The second-order valence-electron chi connectivity index (χ2n) is 24.1. The molecule has 6 aliphatic rings. The predicted octanol–water partition coefficient (Wildman–Crippen LogP) is 10.8. The van der Waals surface area contributed by atoms with Gasteiger partial charge in [0.05, 0.1) is 59.5 Å². The van der Waals surface area contributed by atoms with E-state index in [2.05, 4.69) is 107 Å². The molecule has 82 heavy (non-hydrogen) atoms. The van der Waals surface area contributed by atoms with Gasteiger partial charge in [-0.2, -0.15) is 4.98 Å². The van der Waals surface area contributed by atoms with Crippen molar-refractivity contribution >= 4 is 55.1 Å². The Morgan fingerprint density at radius 1 is 0.988 bits per heavy atom. The Morgan fingerprint density at radius 2 is 1.74 bits per heavy atom. The Morgan fingerprint density at radius 3 is 2.46 bits per heavy atom. The first-order chi connectivity index (χ1) is 39.4. The number of imidazole rings is 1. The van der Waals surface area contributed by atoms with E-state index in [1.807, 2.05) is 6.92 Å². The van der Waals surface area contributed by atoms with Crippen LogP contribution in [0, 0.1) is 22.4 Å². The third-order valence-corrected chi connectivity index (χ3v) is 19.9. The highest BCUT2D eigenvalue weighted by Crippen LogP contribution is 2.57. The van der Waals surface area contributed by atoms with Crippen LogP contribution in [0.25, 0.3) is 22.1 Å². The molecule has 2 bridgehead atoms. The van der Waals surface area contributed by atoms with Gasteiger partial charge in [-0.1, -0.05) is 50.2 Å². The second-order valence-corrected chi connectivity index (χ2v) is 25.8. The maximum atomic E-state index is 15.1. The topological polar surface area (TPSA) is 217 Å². The number of sulfonamides is 1. The van der Waals surface area contributed by atoms with Gasteiger partial charge in [-0.05, 0) is 143 Å². The van der Waals surface area contributed by atoms with Crippen LogP contribution >= 0.6 is 0 Å². The van der Waals surface area contributed by atoms with Crippen molar-refractivity contribution in [3.05, 3.63) is 125 Å². The summed E-state index contributed by atoms with van der Waals surface area (Å²) in [6.45, 7) is 12.4. The molecule has 7 aromatic rings. The number of amides is 1. The van der Waals surface area contributed by atoms with E-state index in [-0.39, 0.29) is 73.5 Å². The number of ether oxygens (including phenoxy) is 3. The largest absolute Gasteiger partial charge is 0.758 e. The summed E-state index contributed by atoms with van der Waals surface area (Å²) in [6, 6.07) is 27.0. The summed E-state index contributed by atoms with van der Waals surface area (Å²) in [5, 5.41) is 27.8. The lowest BCUT2D eigenvalue weighted by molar-refractivity contribution is -0.157. The van der Waals surface area contributed by atoms with Gasteiger partial charge in [0.25, 0.3) is 21.8 Å². The minimum absolute atomic E-state index is 0.00155. The van der Waals surface area contributed by atoms with Crippen molar-refractivity contribution in [2.24, 2.45) is 11.3 Å². The van der Waals surface area contributed by atoms with Crippen LogP contribution in [0.5, 0.6) is 23.1 Å². The number of fused-ring (bicyclic) bond motifs is 4. The van der Waals surface area contributed by atoms with E-state index in [4.69, 9.17) is 14.2 Å². The van der Waals surface area contributed by atoms with Crippen molar-refractivity contribution in [3.63, 3.8) is 0 Å². The van der Waals surface area contributed by atoms with Gasteiger partial charge in [0.15, 0.2) is 5.75 Å². The smallest absolute Gasteiger partial charge is 0.268 e. The zero-order valence-electron chi connectivity index (χ0n) is 47.5. The molecule has 4 aromatic carbocycles. The minimum atomic E-state index is -4.73. The molecule has 4 saturated heterocycles. The maximum Gasteiger partial charge on any atom is 0.268 e. The average molecular weight is 1140 g/mol. The number of hydroxylamine groups is 1. The molecule has 4 aliphatic heterocycles. The van der Waals surface area contributed by atoms with Crippen LogP contribution in [-0.4, -0.2) is 120 Å². The highest BCUT2D eigenvalue weighted by Gasteiger charge is 2.57. The van der Waals surface area contributed by atoms with E-state index in [0.29, 0.717) is 60.2 Å². The fourth-order valence-electron chi connectivity index (χ4n) is 13.9. The lowest BCUT2D eigenvalue weighted by Gasteiger charge is -2.66. The third kappa shape index (κ3) is 10.6. The predicted molar refractivity (Wildman–Crippen MR) is 315 cm³/mol. The summed E-state index contributed by atoms with van der Waals surface area (Å²) in [6.07, 6.45) is 10.8. The number of benzene rings is 4. The van der Waals surface area contributed by atoms with Crippen molar-refractivity contribution in [2.45, 2.75) is 133 Å². The molecule has 1 amide bonds. The van der Waals surface area contributed by atoms with Crippen LogP contribution in [0.1, 0.15) is 124 Å². The average Bonchev–Trinajstić information content (AvgIpc) is 4.20. The number of hydrogen-bond acceptors (Lipinski definition) is 15. The van der Waals surface area contributed by atoms with Crippen molar-refractivity contribution in [1.82, 2.24) is 34.5 Å². The van der Waals surface area contributed by atoms with E-state index in [9.17, 15) is 23.5 Å². The van der Waals surface area contributed by atoms with Crippen molar-refractivity contribution in [3.8, 4) is 23.1 Å². The first-order valence-electron chi connectivity index (χ1n) is 28.9. The number of pyridine rings is 1. The summed E-state index contributed by atoms with van der Waals surface area (Å²) >= 11 is 0. The molecule has 20 heteroatoms. The van der Waals surface area contributed by atoms with Crippen LogP contribution < -0.4 is 34.2 Å². The zero-order chi connectivity index (χ0) is 57.2. The number of aliphatic hydroxyl groups is 1. The molecule has 7 heterocycles. The standard InChI is InChI=1S/C62H74FN10O8S/c1-7-80-60-52(28-47-48(63)33-65-58(47)68-60)81-51-27-40(14-17-46(51)59(74)69-82(77,78)53-29-49(70(5)76)54(56-55(53)66-36-67-56)64-32-38-18-20-61(4,75)21-19-38)71-24-22-62(23-25-71)30-42(31-62)73-35-41-26-50(57(73)45-11-9-8-10-44(45)37(2)3)72(41)34-39-12-15-43(79-6)16-13-39/h8-17,27-29,33,36-38,41-42,50,57,64,75H,7,18-26,30-32,34-35H2,1-6H3,(H,65,68)(H,66,67)(H,69,74)/q-1/t38?,41?,50?,57-,61?/m1/s1. The number of aromatic nitrogens is 4. The Balaban J connectivity index is 0.790. The summed E-state index contributed by atoms with van der Waals surface area (Å²) in [4.78, 5) is 36.8. The molecule has 3 aromatic heterocycles. The Bertz CT molecular complexity index is 3600. The Labute approximate surface area is 478 Å². The lowest BCUT2D eigenvalue weighted by atomic mass is 9.59. The van der Waals surface area contributed by atoms with Gasteiger partial charge in [-0.15, -0.1) is 0 Å². The highest BCUT2D eigenvalue weighted by atomic mass is 32.2. The number of methoxy groups -OCH3 is 1. The number of nitrogens with zero attached hydrogens (tertiary/aromatic N) is 6. The Hall–Kier alpha value is -6.97. The van der Waals surface area contributed by atoms with Crippen LogP contribution in [0.3, 0.4) is 0 Å². The molecule has 2 saturated carbocycles. The number of carbonyl (C=O) groups excluding carboxylic acids is 1. The SMILES string of the molecule is CCOc1nc2[nH]cc(F)c2cc1Oc1cc(N2CCC3(CC2)CC(N2CC4CC([C@H]2c2ccccc2C(C)C)N4Cc2ccc(OC)cc2)C3)ccc1C(=O)NS(=O)(=O)c1cc(N(C)[O-])c(NCC2CCC(C)(O)CC2)c2[nH]cnc12. The van der Waals surface area contributed by atoms with E-state index in [1.165, 1.54) is 60.9 Å². The molecule has 434 valence electrons. The molecule has 3 atom stereocenters.